The number of hydrogen-bond acceptors (Lipinski definition) is 4. The van der Waals surface area contributed by atoms with Crippen LogP contribution in [-0.2, 0) is 4.79 Å². The Morgan fingerprint density at radius 3 is 2.83 bits per heavy atom. The van der Waals surface area contributed by atoms with Gasteiger partial charge in [0.15, 0.2) is 0 Å². The Balaban J connectivity index is 2.64. The van der Waals surface area contributed by atoms with E-state index in [4.69, 9.17) is 11.5 Å². The average molecular weight is 166 g/mol. The fourth-order valence-corrected chi connectivity index (χ4v) is 0.673. The van der Waals surface area contributed by atoms with Crippen LogP contribution in [0.15, 0.2) is 18.3 Å². The van der Waals surface area contributed by atoms with E-state index in [2.05, 4.69) is 10.3 Å². The predicted octanol–water partition coefficient (Wildman–Crippen LogP) is -0.439. The number of amides is 1. The third-order valence-corrected chi connectivity index (χ3v) is 1.24. The summed E-state index contributed by atoms with van der Waals surface area (Å²) in [4.78, 5) is 14.6. The summed E-state index contributed by atoms with van der Waals surface area (Å²) in [7, 11) is 0. The molecule has 0 bridgehead atoms. The van der Waals surface area contributed by atoms with Gasteiger partial charge < -0.3 is 16.8 Å². The molecule has 0 atom stereocenters. The SMILES string of the molecule is NCC(=O)Nc1ccc(N)cn1. The molecule has 5 N–H and O–H groups in total. The molecule has 0 aliphatic rings. The van der Waals surface area contributed by atoms with Gasteiger partial charge >= 0.3 is 0 Å². The summed E-state index contributed by atoms with van der Waals surface area (Å²) in [6, 6.07) is 3.27. The van der Waals surface area contributed by atoms with Crippen molar-refractivity contribution in [2.45, 2.75) is 0 Å². The standard InChI is InChI=1S/C7H10N4O/c8-3-7(12)11-6-2-1-5(9)4-10-6/h1-2,4H,3,8-9H2,(H,10,11,12). The van der Waals surface area contributed by atoms with Gasteiger partial charge in [-0.3, -0.25) is 4.79 Å². The summed E-state index contributed by atoms with van der Waals surface area (Å²) in [5.74, 6) is 0.187. The minimum absolute atomic E-state index is 0.0495. The minimum atomic E-state index is -0.271. The quantitative estimate of drug-likeness (QED) is 0.555. The maximum Gasteiger partial charge on any atom is 0.239 e. The molecule has 0 radical (unpaired) electrons. The van der Waals surface area contributed by atoms with E-state index in [-0.39, 0.29) is 12.5 Å². The van der Waals surface area contributed by atoms with Gasteiger partial charge in [0, 0.05) is 0 Å². The van der Waals surface area contributed by atoms with Crippen molar-refractivity contribution in [1.82, 2.24) is 4.98 Å². The first-order chi connectivity index (χ1) is 5.72. The van der Waals surface area contributed by atoms with Crippen molar-refractivity contribution in [3.05, 3.63) is 18.3 Å². The molecule has 0 aliphatic heterocycles. The third kappa shape index (κ3) is 2.21. The number of carbonyl (C=O) groups is 1. The first kappa shape index (κ1) is 8.48. The molecule has 0 fully saturated rings. The molecule has 1 heterocycles. The Morgan fingerprint density at radius 1 is 1.58 bits per heavy atom. The number of pyridine rings is 1. The lowest BCUT2D eigenvalue weighted by atomic mass is 10.4. The van der Waals surface area contributed by atoms with Crippen LogP contribution < -0.4 is 16.8 Å². The highest BCUT2D eigenvalue weighted by atomic mass is 16.1. The average Bonchev–Trinajstić information content (AvgIpc) is 2.09. The van der Waals surface area contributed by atoms with Gasteiger partial charge in [-0.15, -0.1) is 0 Å². The molecule has 0 aromatic carbocycles. The van der Waals surface area contributed by atoms with E-state index < -0.39 is 0 Å². The number of carbonyl (C=O) groups excluding carboxylic acids is 1. The van der Waals surface area contributed by atoms with E-state index >= 15 is 0 Å². The topological polar surface area (TPSA) is 94.0 Å². The molecule has 1 aromatic rings. The van der Waals surface area contributed by atoms with Gasteiger partial charge in [0.05, 0.1) is 18.4 Å². The number of nitrogens with two attached hydrogens (primary N) is 2. The number of aromatic nitrogens is 1. The second kappa shape index (κ2) is 3.68. The summed E-state index contributed by atoms with van der Waals surface area (Å²) in [5, 5.41) is 2.49. The van der Waals surface area contributed by atoms with Crippen molar-refractivity contribution in [2.24, 2.45) is 5.73 Å². The molecule has 0 spiro atoms. The molecule has 0 saturated heterocycles. The number of anilines is 2. The smallest absolute Gasteiger partial charge is 0.239 e. The van der Waals surface area contributed by atoms with Crippen molar-refractivity contribution in [2.75, 3.05) is 17.6 Å². The van der Waals surface area contributed by atoms with E-state index in [1.165, 1.54) is 6.20 Å². The summed E-state index contributed by atoms with van der Waals surface area (Å²) >= 11 is 0. The minimum Gasteiger partial charge on any atom is -0.397 e. The molecule has 64 valence electrons. The van der Waals surface area contributed by atoms with Gasteiger partial charge in [0.2, 0.25) is 5.91 Å². The molecule has 0 saturated carbocycles. The second-order valence-corrected chi connectivity index (χ2v) is 2.23. The van der Waals surface area contributed by atoms with E-state index in [9.17, 15) is 4.79 Å². The second-order valence-electron chi connectivity index (χ2n) is 2.23. The van der Waals surface area contributed by atoms with Crippen molar-refractivity contribution < 1.29 is 4.79 Å². The molecular weight excluding hydrogens is 156 g/mol. The normalized spacial score (nSPS) is 9.42. The van der Waals surface area contributed by atoms with E-state index in [0.29, 0.717) is 11.5 Å². The van der Waals surface area contributed by atoms with Crippen LogP contribution in [0.4, 0.5) is 11.5 Å². The predicted molar refractivity (Wildman–Crippen MR) is 46.3 cm³/mol. The van der Waals surface area contributed by atoms with Gasteiger partial charge in [0.1, 0.15) is 5.82 Å². The van der Waals surface area contributed by atoms with Gasteiger partial charge in [0.25, 0.3) is 0 Å². The zero-order valence-corrected chi connectivity index (χ0v) is 6.45. The lowest BCUT2D eigenvalue weighted by Crippen LogP contribution is -2.22. The van der Waals surface area contributed by atoms with Crippen molar-refractivity contribution >= 4 is 17.4 Å². The first-order valence-electron chi connectivity index (χ1n) is 3.44. The van der Waals surface area contributed by atoms with Crippen molar-refractivity contribution in [1.29, 1.82) is 0 Å². The Bertz CT molecular complexity index is 269. The molecule has 0 aliphatic carbocycles. The van der Waals surface area contributed by atoms with E-state index in [0.717, 1.165) is 0 Å². The number of nitrogens with zero attached hydrogens (tertiary/aromatic N) is 1. The van der Waals surface area contributed by atoms with Crippen LogP contribution in [0.1, 0.15) is 0 Å². The number of hydrogen-bond donors (Lipinski definition) is 3. The van der Waals surface area contributed by atoms with Crippen LogP contribution in [0.2, 0.25) is 0 Å². The fraction of sp³-hybridized carbons (Fsp3) is 0.143. The number of nitrogen functional groups attached to an aromatic ring is 1. The lowest BCUT2D eigenvalue weighted by molar-refractivity contribution is -0.114. The Hall–Kier alpha value is -1.62. The van der Waals surface area contributed by atoms with Crippen LogP contribution in [0.25, 0.3) is 0 Å². The van der Waals surface area contributed by atoms with Gasteiger partial charge in [-0.2, -0.15) is 0 Å². The van der Waals surface area contributed by atoms with Gasteiger partial charge in [-0.1, -0.05) is 0 Å². The van der Waals surface area contributed by atoms with Gasteiger partial charge in [-0.25, -0.2) is 4.98 Å². The zero-order valence-electron chi connectivity index (χ0n) is 6.45. The molecular formula is C7H10N4O. The maximum absolute atomic E-state index is 10.8. The monoisotopic (exact) mass is 166 g/mol. The van der Waals surface area contributed by atoms with Crippen LogP contribution in [0.5, 0.6) is 0 Å². The summed E-state index contributed by atoms with van der Waals surface area (Å²) in [6.45, 7) is -0.0495. The third-order valence-electron chi connectivity index (χ3n) is 1.24. The molecule has 1 rings (SSSR count). The van der Waals surface area contributed by atoms with Crippen LogP contribution in [-0.4, -0.2) is 17.4 Å². The molecule has 5 nitrogen and oxygen atoms in total. The fourth-order valence-electron chi connectivity index (χ4n) is 0.673. The van der Waals surface area contributed by atoms with Crippen LogP contribution >= 0.6 is 0 Å². The number of rotatable bonds is 2. The largest absolute Gasteiger partial charge is 0.397 e. The zero-order chi connectivity index (χ0) is 8.97. The van der Waals surface area contributed by atoms with Crippen LogP contribution in [0, 0.1) is 0 Å². The highest BCUT2D eigenvalue weighted by Gasteiger charge is 1.98. The Morgan fingerprint density at radius 2 is 2.33 bits per heavy atom. The first-order valence-corrected chi connectivity index (χ1v) is 3.44. The number of nitrogens with one attached hydrogen (secondary N) is 1. The van der Waals surface area contributed by atoms with Crippen molar-refractivity contribution in [3.63, 3.8) is 0 Å². The molecule has 5 heteroatoms. The maximum atomic E-state index is 10.8. The van der Waals surface area contributed by atoms with Crippen molar-refractivity contribution in [3.8, 4) is 0 Å². The molecule has 12 heavy (non-hydrogen) atoms. The van der Waals surface area contributed by atoms with Crippen LogP contribution in [0.3, 0.4) is 0 Å². The highest BCUT2D eigenvalue weighted by Crippen LogP contribution is 2.04. The molecule has 1 aromatic heterocycles. The summed E-state index contributed by atoms with van der Waals surface area (Å²) in [5.41, 5.74) is 11.0. The Kier molecular flexibility index (Phi) is 2.60. The van der Waals surface area contributed by atoms with E-state index in [1.54, 1.807) is 12.1 Å². The lowest BCUT2D eigenvalue weighted by Gasteiger charge is -2.01. The highest BCUT2D eigenvalue weighted by molar-refractivity contribution is 5.91. The van der Waals surface area contributed by atoms with E-state index in [1.807, 2.05) is 0 Å². The molecule has 1 amide bonds. The molecule has 0 unspecified atom stereocenters. The Labute approximate surface area is 69.8 Å². The summed E-state index contributed by atoms with van der Waals surface area (Å²) < 4.78 is 0. The van der Waals surface area contributed by atoms with Gasteiger partial charge in [-0.05, 0) is 12.1 Å². The summed E-state index contributed by atoms with van der Waals surface area (Å²) in [6.07, 6.45) is 1.46.